The van der Waals surface area contributed by atoms with E-state index in [4.69, 9.17) is 10.3 Å². The maximum absolute atomic E-state index is 12.5. The van der Waals surface area contributed by atoms with Crippen molar-refractivity contribution in [1.82, 2.24) is 10.3 Å². The van der Waals surface area contributed by atoms with Crippen LogP contribution >= 0.6 is 0 Å². The number of aryl methyl sites for hydroxylation is 1. The summed E-state index contributed by atoms with van der Waals surface area (Å²) >= 11 is 0. The number of alkyl halides is 3. The molecule has 112 valence electrons. The van der Waals surface area contributed by atoms with Crippen molar-refractivity contribution in [3.05, 3.63) is 23.2 Å². The summed E-state index contributed by atoms with van der Waals surface area (Å²) in [5.41, 5.74) is 2.48. The summed E-state index contributed by atoms with van der Waals surface area (Å²) in [5, 5.41) is 0. The van der Waals surface area contributed by atoms with E-state index in [0.29, 0.717) is 11.3 Å². The number of amides is 1. The van der Waals surface area contributed by atoms with Crippen molar-refractivity contribution in [3.63, 3.8) is 0 Å². The predicted molar refractivity (Wildman–Crippen MR) is 64.6 cm³/mol. The fourth-order valence-electron chi connectivity index (χ4n) is 2.10. The molecule has 0 unspecified atom stereocenters. The predicted octanol–water partition coefficient (Wildman–Crippen LogP) is 1.72. The van der Waals surface area contributed by atoms with Gasteiger partial charge in [0.1, 0.15) is 5.76 Å². The highest BCUT2D eigenvalue weighted by Crippen LogP contribution is 2.32. The van der Waals surface area contributed by atoms with Crippen molar-refractivity contribution >= 4 is 5.91 Å². The van der Waals surface area contributed by atoms with Gasteiger partial charge in [-0.05, 0) is 25.8 Å². The Hall–Kier alpha value is -1.54. The van der Waals surface area contributed by atoms with Crippen molar-refractivity contribution in [2.45, 2.75) is 38.5 Å². The molecule has 0 radical (unpaired) electrons. The standard InChI is InChI=1S/C12H16F3N3O2/c1-7-4-9(20-10(7)11(19)17-16)5-18(8-2-3-8)6-12(13,14)15/h4,8H,2-3,5-6,16H2,1H3,(H,17,19). The summed E-state index contributed by atoms with van der Waals surface area (Å²) in [6.45, 7) is 0.696. The minimum atomic E-state index is -4.25. The lowest BCUT2D eigenvalue weighted by Crippen LogP contribution is -2.35. The number of nitrogen functional groups attached to an aromatic ring is 1. The molecule has 1 amide bonds. The molecule has 8 heteroatoms. The highest BCUT2D eigenvalue weighted by molar-refractivity contribution is 5.92. The number of nitrogens with zero attached hydrogens (tertiary/aromatic N) is 1. The molecule has 0 saturated heterocycles. The van der Waals surface area contributed by atoms with E-state index < -0.39 is 18.6 Å². The molecule has 0 aromatic carbocycles. The number of rotatable bonds is 5. The molecule has 1 saturated carbocycles. The Morgan fingerprint density at radius 1 is 1.55 bits per heavy atom. The van der Waals surface area contributed by atoms with E-state index in [0.717, 1.165) is 12.8 Å². The third kappa shape index (κ3) is 3.73. The van der Waals surface area contributed by atoms with Crippen LogP contribution < -0.4 is 11.3 Å². The van der Waals surface area contributed by atoms with Crippen LogP contribution in [-0.4, -0.2) is 29.6 Å². The van der Waals surface area contributed by atoms with Gasteiger partial charge < -0.3 is 4.42 Å². The molecule has 1 aromatic rings. The lowest BCUT2D eigenvalue weighted by Gasteiger charge is -2.22. The first-order valence-electron chi connectivity index (χ1n) is 6.21. The van der Waals surface area contributed by atoms with E-state index in [1.165, 1.54) is 4.90 Å². The molecular weight excluding hydrogens is 275 g/mol. The second kappa shape index (κ2) is 5.45. The van der Waals surface area contributed by atoms with E-state index >= 15 is 0 Å². The molecule has 5 nitrogen and oxygen atoms in total. The van der Waals surface area contributed by atoms with Gasteiger partial charge in [-0.15, -0.1) is 0 Å². The topological polar surface area (TPSA) is 71.5 Å². The van der Waals surface area contributed by atoms with E-state index in [2.05, 4.69) is 0 Å². The summed E-state index contributed by atoms with van der Waals surface area (Å²) in [6.07, 6.45) is -2.74. The van der Waals surface area contributed by atoms with Gasteiger partial charge >= 0.3 is 12.1 Å². The Bertz CT molecular complexity index is 495. The second-order valence-corrected chi connectivity index (χ2v) is 4.95. The lowest BCUT2D eigenvalue weighted by atomic mass is 10.2. The smallest absolute Gasteiger partial charge is 0.401 e. The number of carbonyl (C=O) groups excluding carboxylic acids is 1. The van der Waals surface area contributed by atoms with Gasteiger partial charge in [0.2, 0.25) is 0 Å². The van der Waals surface area contributed by atoms with Gasteiger partial charge in [-0.2, -0.15) is 13.2 Å². The highest BCUT2D eigenvalue weighted by Gasteiger charge is 2.38. The third-order valence-corrected chi connectivity index (χ3v) is 3.11. The normalized spacial score (nSPS) is 15.7. The molecule has 2 rings (SSSR count). The SMILES string of the molecule is Cc1cc(CN(CC(F)(F)F)C2CC2)oc1C(=O)NN. The maximum Gasteiger partial charge on any atom is 0.401 e. The fourth-order valence-corrected chi connectivity index (χ4v) is 2.10. The Kier molecular flexibility index (Phi) is 4.05. The average Bonchev–Trinajstić information content (AvgIpc) is 3.11. The Labute approximate surface area is 113 Å². The van der Waals surface area contributed by atoms with E-state index in [1.807, 2.05) is 5.43 Å². The van der Waals surface area contributed by atoms with Crippen LogP contribution in [0.4, 0.5) is 13.2 Å². The van der Waals surface area contributed by atoms with Gasteiger partial charge in [-0.3, -0.25) is 15.1 Å². The van der Waals surface area contributed by atoms with Crippen LogP contribution in [0.1, 0.15) is 34.7 Å². The monoisotopic (exact) mass is 291 g/mol. The van der Waals surface area contributed by atoms with Gasteiger partial charge in [0.05, 0.1) is 13.1 Å². The number of nitrogens with two attached hydrogens (primary N) is 1. The fraction of sp³-hybridized carbons (Fsp3) is 0.583. The van der Waals surface area contributed by atoms with Crippen LogP contribution in [0, 0.1) is 6.92 Å². The first-order chi connectivity index (χ1) is 9.30. The summed E-state index contributed by atoms with van der Waals surface area (Å²) in [4.78, 5) is 12.7. The molecule has 1 aliphatic carbocycles. The van der Waals surface area contributed by atoms with E-state index in [1.54, 1.807) is 13.0 Å². The quantitative estimate of drug-likeness (QED) is 0.492. The maximum atomic E-state index is 12.5. The minimum Gasteiger partial charge on any atom is -0.454 e. The molecule has 0 aliphatic heterocycles. The number of furan rings is 1. The zero-order valence-corrected chi connectivity index (χ0v) is 11.0. The number of carbonyl (C=O) groups is 1. The van der Waals surface area contributed by atoms with Crippen molar-refractivity contribution in [1.29, 1.82) is 0 Å². The van der Waals surface area contributed by atoms with Crippen molar-refractivity contribution in [2.24, 2.45) is 5.84 Å². The van der Waals surface area contributed by atoms with Gasteiger partial charge in [0, 0.05) is 11.6 Å². The van der Waals surface area contributed by atoms with Gasteiger partial charge in [-0.1, -0.05) is 0 Å². The Morgan fingerprint density at radius 2 is 2.20 bits per heavy atom. The summed E-state index contributed by atoms with van der Waals surface area (Å²) in [7, 11) is 0. The number of hydrogen-bond donors (Lipinski definition) is 2. The van der Waals surface area contributed by atoms with Crippen LogP contribution in [0.15, 0.2) is 10.5 Å². The summed E-state index contributed by atoms with van der Waals surface area (Å²) in [6, 6.07) is 1.50. The highest BCUT2D eigenvalue weighted by atomic mass is 19.4. The first-order valence-corrected chi connectivity index (χ1v) is 6.21. The number of halogens is 3. The number of hydrazine groups is 1. The van der Waals surface area contributed by atoms with Crippen molar-refractivity contribution in [3.8, 4) is 0 Å². The van der Waals surface area contributed by atoms with Crippen LogP contribution in [0.2, 0.25) is 0 Å². The van der Waals surface area contributed by atoms with E-state index in [-0.39, 0.29) is 18.3 Å². The molecule has 1 aliphatic rings. The van der Waals surface area contributed by atoms with Gasteiger partial charge in [-0.25, -0.2) is 5.84 Å². The molecule has 0 bridgehead atoms. The Balaban J connectivity index is 2.09. The molecule has 1 fully saturated rings. The minimum absolute atomic E-state index is 0.0306. The van der Waals surface area contributed by atoms with Crippen LogP contribution in [0.5, 0.6) is 0 Å². The molecule has 1 aromatic heterocycles. The van der Waals surface area contributed by atoms with E-state index in [9.17, 15) is 18.0 Å². The molecule has 0 atom stereocenters. The Morgan fingerprint density at radius 3 is 2.70 bits per heavy atom. The van der Waals surface area contributed by atoms with Gasteiger partial charge in [0.15, 0.2) is 5.76 Å². The molecule has 3 N–H and O–H groups in total. The van der Waals surface area contributed by atoms with Crippen LogP contribution in [0.3, 0.4) is 0 Å². The summed E-state index contributed by atoms with van der Waals surface area (Å²) in [5.74, 6) is 4.77. The lowest BCUT2D eigenvalue weighted by molar-refractivity contribution is -0.148. The van der Waals surface area contributed by atoms with Crippen LogP contribution in [0.25, 0.3) is 0 Å². The zero-order valence-electron chi connectivity index (χ0n) is 11.0. The second-order valence-electron chi connectivity index (χ2n) is 4.95. The number of nitrogens with one attached hydrogen (secondary N) is 1. The van der Waals surface area contributed by atoms with Crippen LogP contribution in [-0.2, 0) is 6.54 Å². The molecule has 1 heterocycles. The molecule has 0 spiro atoms. The third-order valence-electron chi connectivity index (χ3n) is 3.11. The summed E-state index contributed by atoms with van der Waals surface area (Å²) < 4.78 is 42.8. The first kappa shape index (κ1) is 14.9. The molecule has 20 heavy (non-hydrogen) atoms. The van der Waals surface area contributed by atoms with Crippen molar-refractivity contribution < 1.29 is 22.4 Å². The number of hydrogen-bond acceptors (Lipinski definition) is 4. The largest absolute Gasteiger partial charge is 0.454 e. The van der Waals surface area contributed by atoms with Crippen molar-refractivity contribution in [2.75, 3.05) is 6.54 Å². The average molecular weight is 291 g/mol. The van der Waals surface area contributed by atoms with Gasteiger partial charge in [0.25, 0.3) is 0 Å². The molecular formula is C12H16F3N3O2. The zero-order chi connectivity index (χ0) is 14.9.